The van der Waals surface area contributed by atoms with E-state index in [2.05, 4.69) is 5.32 Å². The van der Waals surface area contributed by atoms with Crippen LogP contribution in [-0.4, -0.2) is 29.2 Å². The predicted octanol–water partition coefficient (Wildman–Crippen LogP) is 3.72. The van der Waals surface area contributed by atoms with Crippen molar-refractivity contribution >= 4 is 58.0 Å². The van der Waals surface area contributed by atoms with Crippen LogP contribution in [0.3, 0.4) is 0 Å². The lowest BCUT2D eigenvalue weighted by atomic mass is 10.3. The van der Waals surface area contributed by atoms with Crippen LogP contribution in [0.4, 0.5) is 11.4 Å². The second kappa shape index (κ2) is 9.40. The standard InChI is InChI=1S/C15H13ClN2O5S2/c16-12-4-3-10(6-13(12)18(21)22)17-14(19)7-23-15(20)9-24-8-11-2-1-5-25-11/h1-6H,7-9H2,(H,17,19). The molecule has 0 fully saturated rings. The second-order valence-corrected chi connectivity index (χ2v) is 7.13. The van der Waals surface area contributed by atoms with Crippen LogP contribution in [0.5, 0.6) is 0 Å². The SMILES string of the molecule is O=C(COC(=O)CSCc1cccs1)Nc1ccc(Cl)c([N+](=O)[O-])c1. The normalized spacial score (nSPS) is 10.3. The molecule has 0 saturated heterocycles. The molecule has 0 saturated carbocycles. The Morgan fingerprint density at radius 1 is 1.36 bits per heavy atom. The van der Waals surface area contributed by atoms with Gasteiger partial charge in [0.2, 0.25) is 0 Å². The van der Waals surface area contributed by atoms with Crippen LogP contribution in [0, 0.1) is 10.1 Å². The van der Waals surface area contributed by atoms with Gasteiger partial charge in [-0.15, -0.1) is 23.1 Å². The minimum atomic E-state index is -0.650. The fourth-order valence-electron chi connectivity index (χ4n) is 1.74. The van der Waals surface area contributed by atoms with Gasteiger partial charge in [-0.1, -0.05) is 17.7 Å². The second-order valence-electron chi connectivity index (χ2n) is 4.70. The van der Waals surface area contributed by atoms with Gasteiger partial charge < -0.3 is 10.1 Å². The number of ether oxygens (including phenoxy) is 1. The zero-order chi connectivity index (χ0) is 18.2. The van der Waals surface area contributed by atoms with Gasteiger partial charge >= 0.3 is 5.97 Å². The monoisotopic (exact) mass is 400 g/mol. The number of nitro groups is 1. The maximum Gasteiger partial charge on any atom is 0.316 e. The first-order valence-corrected chi connectivity index (χ1v) is 9.36. The highest BCUT2D eigenvalue weighted by molar-refractivity contribution is 7.99. The van der Waals surface area contributed by atoms with Gasteiger partial charge in [-0.05, 0) is 23.6 Å². The average molecular weight is 401 g/mol. The molecule has 25 heavy (non-hydrogen) atoms. The van der Waals surface area contributed by atoms with Crippen molar-refractivity contribution in [3.05, 3.63) is 55.7 Å². The molecular weight excluding hydrogens is 388 g/mol. The van der Waals surface area contributed by atoms with Gasteiger partial charge in [0.1, 0.15) is 5.02 Å². The van der Waals surface area contributed by atoms with Gasteiger partial charge in [0, 0.05) is 22.4 Å². The Morgan fingerprint density at radius 2 is 2.16 bits per heavy atom. The number of rotatable bonds is 8. The number of amides is 1. The van der Waals surface area contributed by atoms with E-state index in [-0.39, 0.29) is 22.2 Å². The number of halogens is 1. The Kier molecular flexibility index (Phi) is 7.23. The Bertz CT molecular complexity index is 767. The summed E-state index contributed by atoms with van der Waals surface area (Å²) in [5, 5.41) is 15.1. The van der Waals surface area contributed by atoms with Crippen LogP contribution < -0.4 is 5.32 Å². The highest BCUT2D eigenvalue weighted by Crippen LogP contribution is 2.27. The highest BCUT2D eigenvalue weighted by Gasteiger charge is 2.14. The molecule has 2 rings (SSSR count). The van der Waals surface area contributed by atoms with Crippen LogP contribution in [0.25, 0.3) is 0 Å². The molecule has 1 aromatic carbocycles. The number of esters is 1. The third kappa shape index (κ3) is 6.37. The van der Waals surface area contributed by atoms with Gasteiger partial charge in [0.15, 0.2) is 6.61 Å². The minimum Gasteiger partial charge on any atom is -0.455 e. The largest absolute Gasteiger partial charge is 0.455 e. The molecule has 0 spiro atoms. The Morgan fingerprint density at radius 3 is 2.84 bits per heavy atom. The highest BCUT2D eigenvalue weighted by atomic mass is 35.5. The van der Waals surface area contributed by atoms with E-state index in [0.29, 0.717) is 5.75 Å². The first-order valence-electron chi connectivity index (χ1n) is 6.95. The summed E-state index contributed by atoms with van der Waals surface area (Å²) < 4.78 is 4.87. The number of nitro benzene ring substituents is 1. The summed E-state index contributed by atoms with van der Waals surface area (Å²) in [5.74, 6) is -0.252. The summed E-state index contributed by atoms with van der Waals surface area (Å²) in [6, 6.07) is 7.78. The molecule has 132 valence electrons. The Hall–Kier alpha value is -2.10. The van der Waals surface area contributed by atoms with Crippen molar-refractivity contribution in [1.29, 1.82) is 0 Å². The van der Waals surface area contributed by atoms with E-state index in [1.165, 1.54) is 23.9 Å². The number of nitrogens with one attached hydrogen (secondary N) is 1. The van der Waals surface area contributed by atoms with Gasteiger partial charge in [-0.25, -0.2) is 0 Å². The predicted molar refractivity (Wildman–Crippen MR) is 98.2 cm³/mol. The number of benzene rings is 1. The number of carbonyl (C=O) groups excluding carboxylic acids is 2. The Labute approximate surface area is 156 Å². The molecule has 7 nitrogen and oxygen atoms in total. The molecule has 0 aliphatic carbocycles. The fraction of sp³-hybridized carbons (Fsp3) is 0.200. The molecule has 1 heterocycles. The fourth-order valence-corrected chi connectivity index (χ4v) is 3.59. The van der Waals surface area contributed by atoms with Gasteiger partial charge in [0.25, 0.3) is 11.6 Å². The van der Waals surface area contributed by atoms with E-state index in [4.69, 9.17) is 16.3 Å². The summed E-state index contributed by atoms with van der Waals surface area (Å²) in [5.41, 5.74) is -0.120. The van der Waals surface area contributed by atoms with E-state index in [0.717, 1.165) is 10.9 Å². The number of thioether (sulfide) groups is 1. The summed E-state index contributed by atoms with van der Waals surface area (Å²) in [6.07, 6.45) is 0. The van der Waals surface area contributed by atoms with Crippen molar-refractivity contribution in [1.82, 2.24) is 0 Å². The maximum absolute atomic E-state index is 11.7. The molecule has 0 bridgehead atoms. The lowest BCUT2D eigenvalue weighted by Crippen LogP contribution is -2.21. The van der Waals surface area contributed by atoms with Crippen molar-refractivity contribution in [3.63, 3.8) is 0 Å². The van der Waals surface area contributed by atoms with E-state index in [1.807, 2.05) is 17.5 Å². The summed E-state index contributed by atoms with van der Waals surface area (Å²) in [4.78, 5) is 34.6. The average Bonchev–Trinajstić information content (AvgIpc) is 3.08. The first kappa shape index (κ1) is 19.2. The number of nitrogens with zero attached hydrogens (tertiary/aromatic N) is 1. The smallest absolute Gasteiger partial charge is 0.316 e. The number of carbonyl (C=O) groups is 2. The first-order chi connectivity index (χ1) is 12.0. The van der Waals surface area contributed by atoms with Crippen molar-refractivity contribution in [3.8, 4) is 0 Å². The number of anilines is 1. The van der Waals surface area contributed by atoms with E-state index >= 15 is 0 Å². The molecule has 0 unspecified atom stereocenters. The topological polar surface area (TPSA) is 98.5 Å². The van der Waals surface area contributed by atoms with Crippen LogP contribution in [0.1, 0.15) is 4.88 Å². The van der Waals surface area contributed by atoms with E-state index in [9.17, 15) is 19.7 Å². The molecule has 0 aliphatic rings. The van der Waals surface area contributed by atoms with Crippen molar-refractivity contribution in [2.75, 3.05) is 17.7 Å². The lowest BCUT2D eigenvalue weighted by Gasteiger charge is -2.07. The molecule has 1 amide bonds. The zero-order valence-electron chi connectivity index (χ0n) is 12.8. The van der Waals surface area contributed by atoms with E-state index < -0.39 is 23.4 Å². The van der Waals surface area contributed by atoms with Crippen molar-refractivity contribution in [2.24, 2.45) is 0 Å². The third-order valence-electron chi connectivity index (χ3n) is 2.84. The molecule has 0 aliphatic heterocycles. The summed E-state index contributed by atoms with van der Waals surface area (Å²) in [7, 11) is 0. The number of thiophene rings is 1. The summed E-state index contributed by atoms with van der Waals surface area (Å²) in [6.45, 7) is -0.463. The zero-order valence-corrected chi connectivity index (χ0v) is 15.2. The van der Waals surface area contributed by atoms with Crippen molar-refractivity contribution < 1.29 is 19.2 Å². The third-order valence-corrected chi connectivity index (χ3v) is 5.17. The van der Waals surface area contributed by atoms with Crippen molar-refractivity contribution in [2.45, 2.75) is 5.75 Å². The maximum atomic E-state index is 11.7. The number of hydrogen-bond acceptors (Lipinski definition) is 7. The summed E-state index contributed by atoms with van der Waals surface area (Å²) >= 11 is 8.69. The van der Waals surface area contributed by atoms with Crippen LogP contribution in [-0.2, 0) is 20.1 Å². The quantitative estimate of drug-likeness (QED) is 0.412. The van der Waals surface area contributed by atoms with Crippen LogP contribution >= 0.6 is 34.7 Å². The molecule has 2 aromatic rings. The van der Waals surface area contributed by atoms with E-state index in [1.54, 1.807) is 11.3 Å². The molecule has 10 heteroatoms. The molecule has 0 radical (unpaired) electrons. The van der Waals surface area contributed by atoms with Gasteiger partial charge in [0.05, 0.1) is 10.7 Å². The molecule has 1 N–H and O–H groups in total. The van der Waals surface area contributed by atoms with Gasteiger partial charge in [-0.3, -0.25) is 19.7 Å². The lowest BCUT2D eigenvalue weighted by molar-refractivity contribution is -0.384. The molecular formula is C15H13ClN2O5S2. The number of hydrogen-bond donors (Lipinski definition) is 1. The van der Waals surface area contributed by atoms with Gasteiger partial charge in [-0.2, -0.15) is 0 Å². The molecule has 1 aromatic heterocycles. The minimum absolute atomic E-state index is 0.0304. The molecule has 0 atom stereocenters. The Balaban J connectivity index is 1.73. The van der Waals surface area contributed by atoms with Crippen LogP contribution in [0.2, 0.25) is 5.02 Å². The van der Waals surface area contributed by atoms with Crippen LogP contribution in [0.15, 0.2) is 35.7 Å².